The zero-order chi connectivity index (χ0) is 21.3. The summed E-state index contributed by atoms with van der Waals surface area (Å²) in [6, 6.07) is 20.0. The topological polar surface area (TPSA) is 80.3 Å². The van der Waals surface area contributed by atoms with Crippen molar-refractivity contribution in [3.05, 3.63) is 90.6 Å². The number of para-hydroxylation sites is 1. The van der Waals surface area contributed by atoms with Crippen molar-refractivity contribution in [3.63, 3.8) is 0 Å². The molecule has 0 atom stereocenters. The van der Waals surface area contributed by atoms with Crippen LogP contribution in [0, 0.1) is 0 Å². The molecule has 2 heterocycles. The Balaban J connectivity index is 1.31. The molecule has 2 aromatic carbocycles. The van der Waals surface area contributed by atoms with E-state index in [0.717, 1.165) is 48.0 Å². The molecule has 4 rings (SSSR count). The van der Waals surface area contributed by atoms with Gasteiger partial charge in [0.1, 0.15) is 12.0 Å². The largest absolute Gasteiger partial charge is 0.444 e. The summed E-state index contributed by atoms with van der Waals surface area (Å²) in [6.07, 6.45) is 6.47. The van der Waals surface area contributed by atoms with Crippen LogP contribution in [0.25, 0.3) is 17.1 Å². The molecule has 0 amide bonds. The first-order valence-corrected chi connectivity index (χ1v) is 10.4. The molecule has 0 aliphatic heterocycles. The van der Waals surface area contributed by atoms with E-state index in [1.165, 1.54) is 0 Å². The van der Waals surface area contributed by atoms with E-state index in [1.54, 1.807) is 6.26 Å². The highest BCUT2D eigenvalue weighted by Gasteiger charge is 2.07. The van der Waals surface area contributed by atoms with E-state index in [4.69, 9.17) is 4.42 Å². The summed E-state index contributed by atoms with van der Waals surface area (Å²) in [4.78, 5) is 9.16. The first kappa shape index (κ1) is 20.4. The predicted octanol–water partition coefficient (Wildman–Crippen LogP) is 3.83. The van der Waals surface area contributed by atoms with E-state index in [2.05, 4.69) is 31.9 Å². The lowest BCUT2D eigenvalue weighted by molar-refractivity contribution is 0.572. The van der Waals surface area contributed by atoms with Crippen LogP contribution in [0.4, 0.5) is 0 Å². The van der Waals surface area contributed by atoms with Gasteiger partial charge < -0.3 is 15.1 Å². The van der Waals surface area contributed by atoms with Crippen molar-refractivity contribution in [3.8, 4) is 17.1 Å². The van der Waals surface area contributed by atoms with Crippen LogP contribution in [0.3, 0.4) is 0 Å². The van der Waals surface area contributed by atoms with Gasteiger partial charge in [0.15, 0.2) is 5.96 Å². The van der Waals surface area contributed by atoms with Crippen molar-refractivity contribution >= 4 is 5.96 Å². The fourth-order valence-electron chi connectivity index (χ4n) is 3.13. The Morgan fingerprint density at radius 2 is 1.81 bits per heavy atom. The van der Waals surface area contributed by atoms with Crippen molar-refractivity contribution in [2.45, 2.75) is 19.9 Å². The van der Waals surface area contributed by atoms with Crippen LogP contribution in [0.5, 0.6) is 0 Å². The Kier molecular flexibility index (Phi) is 6.74. The summed E-state index contributed by atoms with van der Waals surface area (Å²) in [5, 5.41) is 11.1. The summed E-state index contributed by atoms with van der Waals surface area (Å²) in [5.74, 6) is 1.36. The Morgan fingerprint density at radius 1 is 1.03 bits per heavy atom. The molecule has 0 unspecified atom stereocenters. The molecule has 0 fully saturated rings. The number of aromatic nitrogens is 3. The molecule has 0 aliphatic carbocycles. The fourth-order valence-corrected chi connectivity index (χ4v) is 3.13. The van der Waals surface area contributed by atoms with Gasteiger partial charge in [-0.1, -0.05) is 36.4 Å². The Hall–Kier alpha value is -3.87. The van der Waals surface area contributed by atoms with Gasteiger partial charge in [-0.3, -0.25) is 0 Å². The van der Waals surface area contributed by atoms with Gasteiger partial charge in [0.25, 0.3) is 0 Å². The Morgan fingerprint density at radius 3 is 2.58 bits per heavy atom. The summed E-state index contributed by atoms with van der Waals surface area (Å²) in [5.41, 5.74) is 3.97. The van der Waals surface area contributed by atoms with Crippen molar-refractivity contribution in [2.24, 2.45) is 4.99 Å². The molecule has 7 nitrogen and oxygen atoms in total. The van der Waals surface area contributed by atoms with Gasteiger partial charge >= 0.3 is 0 Å². The molecule has 158 valence electrons. The highest BCUT2D eigenvalue weighted by molar-refractivity contribution is 5.79. The van der Waals surface area contributed by atoms with E-state index >= 15 is 0 Å². The monoisotopic (exact) mass is 414 g/mol. The van der Waals surface area contributed by atoms with Crippen LogP contribution in [0.2, 0.25) is 0 Å². The first-order valence-electron chi connectivity index (χ1n) is 10.4. The number of nitrogens with one attached hydrogen (secondary N) is 2. The molecular weight excluding hydrogens is 388 g/mol. The van der Waals surface area contributed by atoms with E-state index in [1.807, 2.05) is 78.5 Å². The maximum Gasteiger partial charge on any atom is 0.226 e. The number of benzene rings is 2. The molecule has 0 spiro atoms. The van der Waals surface area contributed by atoms with Gasteiger partial charge in [-0.2, -0.15) is 5.10 Å². The molecule has 0 bridgehead atoms. The molecule has 0 saturated carbocycles. The number of oxazole rings is 1. The van der Waals surface area contributed by atoms with Gasteiger partial charge in [-0.15, -0.1) is 0 Å². The molecule has 0 radical (unpaired) electrons. The number of rotatable bonds is 8. The maximum atomic E-state index is 5.59. The van der Waals surface area contributed by atoms with Gasteiger partial charge in [0.2, 0.25) is 5.89 Å². The molecule has 2 N–H and O–H groups in total. The lowest BCUT2D eigenvalue weighted by atomic mass is 10.2. The van der Waals surface area contributed by atoms with Crippen LogP contribution in [0.15, 0.2) is 88.7 Å². The minimum Gasteiger partial charge on any atom is -0.444 e. The highest BCUT2D eigenvalue weighted by Crippen LogP contribution is 2.18. The first-order chi connectivity index (χ1) is 15.3. The highest BCUT2D eigenvalue weighted by atomic mass is 16.3. The quantitative estimate of drug-likeness (QED) is 0.338. The molecule has 0 aliphatic rings. The Labute approximate surface area is 181 Å². The maximum absolute atomic E-state index is 5.59. The minimum atomic E-state index is 0.442. The number of nitrogens with zero attached hydrogens (tertiary/aromatic N) is 4. The van der Waals surface area contributed by atoms with Gasteiger partial charge in [0.05, 0.1) is 18.4 Å². The third kappa shape index (κ3) is 5.60. The van der Waals surface area contributed by atoms with Crippen molar-refractivity contribution in [1.82, 2.24) is 25.4 Å². The molecule has 7 heteroatoms. The number of hydrogen-bond acceptors (Lipinski definition) is 4. The Bertz CT molecular complexity index is 1100. The van der Waals surface area contributed by atoms with Crippen LogP contribution >= 0.6 is 0 Å². The minimum absolute atomic E-state index is 0.442. The smallest absolute Gasteiger partial charge is 0.226 e. The van der Waals surface area contributed by atoms with Gasteiger partial charge in [0, 0.05) is 24.8 Å². The van der Waals surface area contributed by atoms with Crippen molar-refractivity contribution in [1.29, 1.82) is 0 Å². The predicted molar refractivity (Wildman–Crippen MR) is 122 cm³/mol. The molecule has 0 saturated heterocycles. The lowest BCUT2D eigenvalue weighted by Gasteiger charge is -2.10. The standard InChI is InChI=1S/C24H26N6O/c1-2-25-24(27-16-21-18-31-23(29-21)20-9-5-3-6-10-20)26-14-13-19-15-28-30(17-19)22-11-7-4-8-12-22/h3-12,15,17-18H,2,13-14,16H2,1H3,(H2,25,26,27). The number of guanidine groups is 1. The van der Waals surface area contributed by atoms with E-state index in [-0.39, 0.29) is 0 Å². The van der Waals surface area contributed by atoms with E-state index in [0.29, 0.717) is 12.4 Å². The normalized spacial score (nSPS) is 11.5. The van der Waals surface area contributed by atoms with Crippen LogP contribution in [-0.4, -0.2) is 33.8 Å². The van der Waals surface area contributed by atoms with Gasteiger partial charge in [-0.05, 0) is 43.2 Å². The zero-order valence-corrected chi connectivity index (χ0v) is 17.5. The number of aliphatic imine (C=N–C) groups is 1. The molecule has 4 aromatic rings. The third-order valence-corrected chi connectivity index (χ3v) is 4.68. The molecule has 31 heavy (non-hydrogen) atoms. The zero-order valence-electron chi connectivity index (χ0n) is 17.5. The summed E-state index contributed by atoms with van der Waals surface area (Å²) in [6.45, 7) is 4.02. The van der Waals surface area contributed by atoms with Crippen LogP contribution in [0.1, 0.15) is 18.2 Å². The average molecular weight is 415 g/mol. The summed E-state index contributed by atoms with van der Waals surface area (Å²) in [7, 11) is 0. The SMILES string of the molecule is CCNC(=NCc1coc(-c2ccccc2)n1)NCCc1cnn(-c2ccccc2)c1. The van der Waals surface area contributed by atoms with E-state index in [9.17, 15) is 0 Å². The van der Waals surface area contributed by atoms with Crippen molar-refractivity contribution < 1.29 is 4.42 Å². The second-order valence-corrected chi connectivity index (χ2v) is 7.01. The van der Waals surface area contributed by atoms with Crippen LogP contribution < -0.4 is 10.6 Å². The second-order valence-electron chi connectivity index (χ2n) is 7.01. The molecule has 2 aromatic heterocycles. The van der Waals surface area contributed by atoms with Crippen LogP contribution in [-0.2, 0) is 13.0 Å². The summed E-state index contributed by atoms with van der Waals surface area (Å²) < 4.78 is 7.48. The van der Waals surface area contributed by atoms with Gasteiger partial charge in [-0.25, -0.2) is 14.7 Å². The van der Waals surface area contributed by atoms with Crippen molar-refractivity contribution in [2.75, 3.05) is 13.1 Å². The third-order valence-electron chi connectivity index (χ3n) is 4.68. The second kappa shape index (κ2) is 10.2. The number of hydrogen-bond donors (Lipinski definition) is 2. The average Bonchev–Trinajstić information content (AvgIpc) is 3.49. The summed E-state index contributed by atoms with van der Waals surface area (Å²) >= 11 is 0. The van der Waals surface area contributed by atoms with E-state index < -0.39 is 0 Å². The molecular formula is C24H26N6O. The lowest BCUT2D eigenvalue weighted by Crippen LogP contribution is -2.38. The fraction of sp³-hybridized carbons (Fsp3) is 0.208.